The van der Waals surface area contributed by atoms with E-state index in [9.17, 15) is 13.2 Å². The van der Waals surface area contributed by atoms with E-state index in [0.717, 1.165) is 6.42 Å². The zero-order chi connectivity index (χ0) is 14.0. The quantitative estimate of drug-likeness (QED) is 0.795. The van der Waals surface area contributed by atoms with Crippen LogP contribution in [0.5, 0.6) is 0 Å². The minimum Gasteiger partial charge on any atom is -0.355 e. The molecule has 0 aromatic heterocycles. The zero-order valence-electron chi connectivity index (χ0n) is 9.82. The van der Waals surface area contributed by atoms with Crippen LogP contribution in [0.25, 0.3) is 0 Å². The number of benzene rings is 1. The standard InChI is InChI=1S/C11H12Br2N2O3S/c12-7-3-4-8(13)10(6-7)19(17,18)15-9-2-1-5-14-11(9)16/h3-4,6,9,15H,1-2,5H2,(H,14,16). The molecule has 1 amide bonds. The summed E-state index contributed by atoms with van der Waals surface area (Å²) < 4.78 is 28.1. The summed E-state index contributed by atoms with van der Waals surface area (Å²) in [6.45, 7) is 0.595. The fourth-order valence-corrected chi connectivity index (χ4v) is 4.55. The molecule has 1 aromatic rings. The molecule has 2 N–H and O–H groups in total. The molecule has 19 heavy (non-hydrogen) atoms. The molecule has 0 radical (unpaired) electrons. The molecule has 2 rings (SSSR count). The third-order valence-electron chi connectivity index (χ3n) is 2.77. The molecular weight excluding hydrogens is 400 g/mol. The van der Waals surface area contributed by atoms with E-state index in [-0.39, 0.29) is 10.8 Å². The highest BCUT2D eigenvalue weighted by molar-refractivity contribution is 9.11. The minimum atomic E-state index is -3.73. The first-order valence-electron chi connectivity index (χ1n) is 5.65. The average Bonchev–Trinajstić information content (AvgIpc) is 2.35. The van der Waals surface area contributed by atoms with Gasteiger partial charge in [-0.2, -0.15) is 4.72 Å². The summed E-state index contributed by atoms with van der Waals surface area (Å²) >= 11 is 6.44. The molecule has 8 heteroatoms. The summed E-state index contributed by atoms with van der Waals surface area (Å²) in [6, 6.07) is 4.16. The Kier molecular flexibility index (Phi) is 4.65. The maximum atomic E-state index is 12.3. The number of carbonyl (C=O) groups excluding carboxylic acids is 1. The van der Waals surface area contributed by atoms with Crippen molar-refractivity contribution in [2.45, 2.75) is 23.8 Å². The molecule has 1 aliphatic heterocycles. The smallest absolute Gasteiger partial charge is 0.242 e. The number of carbonyl (C=O) groups is 1. The number of nitrogens with one attached hydrogen (secondary N) is 2. The lowest BCUT2D eigenvalue weighted by Gasteiger charge is -2.22. The van der Waals surface area contributed by atoms with Crippen molar-refractivity contribution in [1.82, 2.24) is 10.0 Å². The third kappa shape index (κ3) is 3.56. The van der Waals surface area contributed by atoms with Crippen molar-refractivity contribution in [2.75, 3.05) is 6.54 Å². The second-order valence-electron chi connectivity index (χ2n) is 4.18. The average molecular weight is 412 g/mol. The molecule has 1 aromatic carbocycles. The van der Waals surface area contributed by atoms with Crippen LogP contribution in [-0.2, 0) is 14.8 Å². The van der Waals surface area contributed by atoms with Crippen molar-refractivity contribution in [3.05, 3.63) is 27.1 Å². The van der Waals surface area contributed by atoms with Crippen LogP contribution < -0.4 is 10.0 Å². The van der Waals surface area contributed by atoms with Gasteiger partial charge in [0.25, 0.3) is 0 Å². The van der Waals surface area contributed by atoms with E-state index in [1.165, 1.54) is 6.07 Å². The normalized spacial score (nSPS) is 20.1. The van der Waals surface area contributed by atoms with E-state index in [1.807, 2.05) is 0 Å². The summed E-state index contributed by atoms with van der Waals surface area (Å²) in [5.41, 5.74) is 0. The van der Waals surface area contributed by atoms with Gasteiger partial charge in [-0.1, -0.05) is 15.9 Å². The third-order valence-corrected chi connectivity index (χ3v) is 5.72. The van der Waals surface area contributed by atoms with E-state index in [1.54, 1.807) is 12.1 Å². The molecule has 1 atom stereocenters. The van der Waals surface area contributed by atoms with Gasteiger partial charge in [-0.3, -0.25) is 4.79 Å². The Balaban J connectivity index is 2.27. The first-order chi connectivity index (χ1) is 8.90. The number of piperidine rings is 1. The van der Waals surface area contributed by atoms with Gasteiger partial charge in [-0.25, -0.2) is 8.42 Å². The van der Waals surface area contributed by atoms with Crippen LogP contribution in [0, 0.1) is 0 Å². The molecule has 0 spiro atoms. The molecule has 0 bridgehead atoms. The predicted molar refractivity (Wildman–Crippen MR) is 78.2 cm³/mol. The van der Waals surface area contributed by atoms with Gasteiger partial charge >= 0.3 is 0 Å². The van der Waals surface area contributed by atoms with Gasteiger partial charge in [0, 0.05) is 15.5 Å². The van der Waals surface area contributed by atoms with Gasteiger partial charge in [0.15, 0.2) is 0 Å². The van der Waals surface area contributed by atoms with Gasteiger partial charge in [0.2, 0.25) is 15.9 Å². The summed E-state index contributed by atoms with van der Waals surface area (Å²) in [5.74, 6) is -0.277. The van der Waals surface area contributed by atoms with Crippen molar-refractivity contribution in [2.24, 2.45) is 0 Å². The fraction of sp³-hybridized carbons (Fsp3) is 0.364. The molecule has 1 unspecified atom stereocenters. The first kappa shape index (κ1) is 15.0. The van der Waals surface area contributed by atoms with Crippen molar-refractivity contribution in [3.63, 3.8) is 0 Å². The van der Waals surface area contributed by atoms with E-state index in [2.05, 4.69) is 41.9 Å². The van der Waals surface area contributed by atoms with Crippen molar-refractivity contribution in [3.8, 4) is 0 Å². The van der Waals surface area contributed by atoms with Crippen LogP contribution in [0.1, 0.15) is 12.8 Å². The topological polar surface area (TPSA) is 75.3 Å². The Hall–Kier alpha value is -0.440. The van der Waals surface area contributed by atoms with Crippen LogP contribution in [0.4, 0.5) is 0 Å². The van der Waals surface area contributed by atoms with Crippen molar-refractivity contribution < 1.29 is 13.2 Å². The number of hydrogen-bond acceptors (Lipinski definition) is 3. The van der Waals surface area contributed by atoms with Crippen LogP contribution in [0.15, 0.2) is 32.0 Å². The van der Waals surface area contributed by atoms with Gasteiger partial charge in [0.1, 0.15) is 6.04 Å². The minimum absolute atomic E-state index is 0.111. The molecule has 1 aliphatic rings. The number of hydrogen-bond donors (Lipinski definition) is 2. The molecule has 0 aliphatic carbocycles. The molecule has 0 saturated carbocycles. The van der Waals surface area contributed by atoms with Crippen LogP contribution in [-0.4, -0.2) is 26.9 Å². The van der Waals surface area contributed by atoms with E-state index in [0.29, 0.717) is 21.9 Å². The fourth-order valence-electron chi connectivity index (χ4n) is 1.82. The number of amides is 1. The second-order valence-corrected chi connectivity index (χ2v) is 7.63. The van der Waals surface area contributed by atoms with Crippen LogP contribution >= 0.6 is 31.9 Å². The Labute approximate surface area is 128 Å². The van der Waals surface area contributed by atoms with Gasteiger partial charge in [-0.15, -0.1) is 0 Å². The molecular formula is C11H12Br2N2O3S. The molecule has 1 heterocycles. The van der Waals surface area contributed by atoms with Crippen molar-refractivity contribution >= 4 is 47.8 Å². The highest BCUT2D eigenvalue weighted by atomic mass is 79.9. The van der Waals surface area contributed by atoms with Crippen molar-refractivity contribution in [1.29, 1.82) is 0 Å². The lowest BCUT2D eigenvalue weighted by atomic mass is 10.1. The number of sulfonamides is 1. The Morgan fingerprint density at radius 2 is 2.05 bits per heavy atom. The van der Waals surface area contributed by atoms with Crippen LogP contribution in [0.3, 0.4) is 0 Å². The van der Waals surface area contributed by atoms with Gasteiger partial charge in [-0.05, 0) is 47.0 Å². The van der Waals surface area contributed by atoms with Gasteiger partial charge in [0.05, 0.1) is 4.90 Å². The first-order valence-corrected chi connectivity index (χ1v) is 8.72. The maximum absolute atomic E-state index is 12.3. The lowest BCUT2D eigenvalue weighted by Crippen LogP contribution is -2.50. The second kappa shape index (κ2) is 5.90. The largest absolute Gasteiger partial charge is 0.355 e. The maximum Gasteiger partial charge on any atom is 0.242 e. The lowest BCUT2D eigenvalue weighted by molar-refractivity contribution is -0.124. The molecule has 1 saturated heterocycles. The summed E-state index contributed by atoms with van der Waals surface area (Å²) in [4.78, 5) is 11.7. The monoisotopic (exact) mass is 410 g/mol. The molecule has 104 valence electrons. The Morgan fingerprint density at radius 3 is 2.74 bits per heavy atom. The highest BCUT2D eigenvalue weighted by Gasteiger charge is 2.28. The number of rotatable bonds is 3. The highest BCUT2D eigenvalue weighted by Crippen LogP contribution is 2.26. The number of halogens is 2. The Morgan fingerprint density at radius 1 is 1.32 bits per heavy atom. The van der Waals surface area contributed by atoms with Crippen LogP contribution in [0.2, 0.25) is 0 Å². The SMILES string of the molecule is O=C1NCCCC1NS(=O)(=O)c1cc(Br)ccc1Br. The summed E-state index contributed by atoms with van der Waals surface area (Å²) in [5, 5.41) is 2.65. The summed E-state index contributed by atoms with van der Waals surface area (Å²) in [7, 11) is -3.73. The summed E-state index contributed by atoms with van der Waals surface area (Å²) in [6.07, 6.45) is 1.27. The van der Waals surface area contributed by atoms with E-state index >= 15 is 0 Å². The van der Waals surface area contributed by atoms with E-state index in [4.69, 9.17) is 0 Å². The van der Waals surface area contributed by atoms with E-state index < -0.39 is 16.1 Å². The molecule has 5 nitrogen and oxygen atoms in total. The zero-order valence-corrected chi connectivity index (χ0v) is 13.8. The molecule has 1 fully saturated rings. The Bertz CT molecular complexity index is 604. The predicted octanol–water partition coefficient (Wildman–Crippen LogP) is 1.77. The van der Waals surface area contributed by atoms with Gasteiger partial charge < -0.3 is 5.32 Å².